The maximum Gasteiger partial charge on any atom is 0.288 e. The number of nitrogens with one attached hydrogen (secondary N) is 2. The molecule has 2 N–H and O–H groups in total. The minimum absolute atomic E-state index is 0.245. The van der Waals surface area contributed by atoms with Crippen LogP contribution < -0.4 is 15.6 Å². The lowest BCUT2D eigenvalue weighted by atomic mass is 9.96. The molecule has 0 saturated heterocycles. The van der Waals surface area contributed by atoms with Crippen LogP contribution in [0.3, 0.4) is 0 Å². The fraction of sp³-hybridized carbons (Fsp3) is 0.150. The van der Waals surface area contributed by atoms with Gasteiger partial charge in [-0.3, -0.25) is 20.4 Å². The summed E-state index contributed by atoms with van der Waals surface area (Å²) in [6, 6.07) is 18.6. The first kappa shape index (κ1) is 16.1. The summed E-state index contributed by atoms with van der Waals surface area (Å²) in [5, 5.41) is 0.950. The minimum Gasteiger partial charge on any atom is -0.492 e. The number of nitrogens with zero attached hydrogens (tertiary/aromatic N) is 1. The highest BCUT2D eigenvalue weighted by atomic mass is 16.5. The number of para-hydroxylation sites is 2. The highest BCUT2D eigenvalue weighted by Crippen LogP contribution is 2.26. The molecule has 1 aromatic heterocycles. The van der Waals surface area contributed by atoms with Crippen molar-refractivity contribution < 1.29 is 14.3 Å². The summed E-state index contributed by atoms with van der Waals surface area (Å²) in [5.74, 6) is -0.286. The number of carbonyl (C=O) groups is 2. The van der Waals surface area contributed by atoms with Gasteiger partial charge in [0, 0.05) is 5.39 Å². The molecule has 0 bridgehead atoms. The third-order valence-corrected chi connectivity index (χ3v) is 4.38. The summed E-state index contributed by atoms with van der Waals surface area (Å²) in [7, 11) is 0. The van der Waals surface area contributed by atoms with Crippen molar-refractivity contribution in [2.75, 3.05) is 6.61 Å². The summed E-state index contributed by atoms with van der Waals surface area (Å²) in [5.41, 5.74) is 6.86. The first-order valence-electron chi connectivity index (χ1n) is 8.37. The maximum atomic E-state index is 12.3. The van der Waals surface area contributed by atoms with Crippen molar-refractivity contribution in [1.82, 2.24) is 15.8 Å². The predicted molar refractivity (Wildman–Crippen MR) is 96.5 cm³/mol. The molecule has 130 valence electrons. The molecule has 26 heavy (non-hydrogen) atoms. The summed E-state index contributed by atoms with van der Waals surface area (Å²) in [4.78, 5) is 28.9. The van der Waals surface area contributed by atoms with Gasteiger partial charge in [0.1, 0.15) is 18.1 Å². The van der Waals surface area contributed by atoms with E-state index in [1.807, 2.05) is 54.6 Å². The summed E-state index contributed by atoms with van der Waals surface area (Å²) in [6.45, 7) is 0.285. The van der Waals surface area contributed by atoms with E-state index in [0.29, 0.717) is 6.42 Å². The number of amides is 2. The van der Waals surface area contributed by atoms with Crippen molar-refractivity contribution in [2.24, 2.45) is 5.92 Å². The molecule has 0 spiro atoms. The third-order valence-electron chi connectivity index (χ3n) is 4.38. The highest BCUT2D eigenvalue weighted by Gasteiger charge is 2.26. The highest BCUT2D eigenvalue weighted by molar-refractivity contribution is 5.96. The third kappa shape index (κ3) is 3.21. The molecule has 1 atom stereocenters. The zero-order chi connectivity index (χ0) is 17.9. The zero-order valence-electron chi connectivity index (χ0n) is 13.9. The molecule has 3 aromatic rings. The number of hydrazine groups is 1. The molecular formula is C20H17N3O3. The van der Waals surface area contributed by atoms with Crippen molar-refractivity contribution in [3.63, 3.8) is 0 Å². The Balaban J connectivity index is 1.38. The normalized spacial score (nSPS) is 15.6. The molecule has 4 rings (SSSR count). The van der Waals surface area contributed by atoms with Gasteiger partial charge in [-0.25, -0.2) is 4.98 Å². The van der Waals surface area contributed by atoms with Crippen LogP contribution in [0.5, 0.6) is 5.75 Å². The van der Waals surface area contributed by atoms with E-state index in [0.717, 1.165) is 22.2 Å². The first-order chi connectivity index (χ1) is 12.7. The molecule has 2 amide bonds. The topological polar surface area (TPSA) is 80.3 Å². The molecule has 1 unspecified atom stereocenters. The van der Waals surface area contributed by atoms with E-state index in [1.54, 1.807) is 6.07 Å². The monoisotopic (exact) mass is 347 g/mol. The Morgan fingerprint density at radius 2 is 1.77 bits per heavy atom. The second kappa shape index (κ2) is 6.84. The Labute approximate surface area is 150 Å². The van der Waals surface area contributed by atoms with Crippen LogP contribution in [-0.2, 0) is 11.2 Å². The van der Waals surface area contributed by atoms with Crippen molar-refractivity contribution in [2.45, 2.75) is 6.42 Å². The van der Waals surface area contributed by atoms with Crippen molar-refractivity contribution in [3.8, 4) is 5.75 Å². The van der Waals surface area contributed by atoms with Gasteiger partial charge in [0.05, 0.1) is 11.4 Å². The van der Waals surface area contributed by atoms with Crippen molar-refractivity contribution in [1.29, 1.82) is 0 Å². The van der Waals surface area contributed by atoms with Crippen LogP contribution in [0.2, 0.25) is 0 Å². The van der Waals surface area contributed by atoms with E-state index in [-0.39, 0.29) is 24.1 Å². The minimum atomic E-state index is -0.457. The molecule has 1 aliphatic heterocycles. The van der Waals surface area contributed by atoms with E-state index in [2.05, 4.69) is 15.8 Å². The van der Waals surface area contributed by atoms with Gasteiger partial charge in [0.15, 0.2) is 0 Å². The van der Waals surface area contributed by atoms with Gasteiger partial charge in [-0.05, 0) is 30.2 Å². The van der Waals surface area contributed by atoms with Crippen LogP contribution in [0.25, 0.3) is 10.9 Å². The fourth-order valence-electron chi connectivity index (χ4n) is 2.97. The quantitative estimate of drug-likeness (QED) is 0.697. The Bertz CT molecular complexity index is 987. The van der Waals surface area contributed by atoms with Crippen molar-refractivity contribution >= 4 is 22.7 Å². The lowest BCUT2D eigenvalue weighted by molar-refractivity contribution is -0.127. The van der Waals surface area contributed by atoms with E-state index >= 15 is 0 Å². The average molecular weight is 347 g/mol. The van der Waals surface area contributed by atoms with E-state index in [1.165, 1.54) is 0 Å². The average Bonchev–Trinajstić information content (AvgIpc) is 2.71. The first-order valence-corrected chi connectivity index (χ1v) is 8.37. The maximum absolute atomic E-state index is 12.3. The Morgan fingerprint density at radius 1 is 0.962 bits per heavy atom. The van der Waals surface area contributed by atoms with Gasteiger partial charge in [0.25, 0.3) is 5.91 Å². The predicted octanol–water partition coefficient (Wildman–Crippen LogP) is 2.25. The zero-order valence-corrected chi connectivity index (χ0v) is 13.9. The number of hydrogen-bond acceptors (Lipinski definition) is 4. The molecule has 0 saturated carbocycles. The summed E-state index contributed by atoms with van der Waals surface area (Å²) in [6.07, 6.45) is 0.575. The number of pyridine rings is 1. The molecule has 0 aliphatic carbocycles. The number of carbonyl (C=O) groups excluding carboxylic acids is 2. The number of fused-ring (bicyclic) bond motifs is 2. The molecule has 1 aliphatic rings. The molecule has 2 aromatic carbocycles. The van der Waals surface area contributed by atoms with Gasteiger partial charge in [-0.1, -0.05) is 42.5 Å². The molecular weight excluding hydrogens is 330 g/mol. The lowest BCUT2D eigenvalue weighted by Gasteiger charge is -2.24. The lowest BCUT2D eigenvalue weighted by Crippen LogP contribution is -2.47. The largest absolute Gasteiger partial charge is 0.492 e. The standard InChI is InChI=1S/C20H17N3O3/c24-19(15-11-14-6-2-4-8-18(14)26-12-15)22-23-20(25)17-10-9-13-5-1-3-7-16(13)21-17/h1-10,15H,11-12H2,(H,22,24)(H,23,25). The summed E-state index contributed by atoms with van der Waals surface area (Å²) < 4.78 is 5.61. The Morgan fingerprint density at radius 3 is 2.69 bits per heavy atom. The van der Waals surface area contributed by atoms with E-state index in [9.17, 15) is 9.59 Å². The van der Waals surface area contributed by atoms with Gasteiger partial charge in [-0.15, -0.1) is 0 Å². The number of benzene rings is 2. The number of ether oxygens (including phenoxy) is 1. The van der Waals surface area contributed by atoms with Gasteiger partial charge < -0.3 is 4.74 Å². The number of rotatable bonds is 2. The molecule has 6 nitrogen and oxygen atoms in total. The smallest absolute Gasteiger partial charge is 0.288 e. The van der Waals surface area contributed by atoms with E-state index in [4.69, 9.17) is 4.74 Å². The number of aromatic nitrogens is 1. The van der Waals surface area contributed by atoms with Crippen LogP contribution in [0, 0.1) is 5.92 Å². The van der Waals surface area contributed by atoms with Crippen LogP contribution in [-0.4, -0.2) is 23.4 Å². The SMILES string of the molecule is O=C(NNC(=O)C1COc2ccccc2C1)c1ccc2ccccc2n1. The van der Waals surface area contributed by atoms with Crippen LogP contribution in [0.1, 0.15) is 16.1 Å². The number of hydrogen-bond donors (Lipinski definition) is 2. The summed E-state index contributed by atoms with van der Waals surface area (Å²) >= 11 is 0. The van der Waals surface area contributed by atoms with Crippen LogP contribution in [0.4, 0.5) is 0 Å². The van der Waals surface area contributed by atoms with Crippen molar-refractivity contribution in [3.05, 3.63) is 71.9 Å². The molecule has 0 radical (unpaired) electrons. The second-order valence-electron chi connectivity index (χ2n) is 6.15. The van der Waals surface area contributed by atoms with Gasteiger partial charge in [0.2, 0.25) is 5.91 Å². The van der Waals surface area contributed by atoms with Crippen LogP contribution in [0.15, 0.2) is 60.7 Å². The molecule has 0 fully saturated rings. The second-order valence-corrected chi connectivity index (χ2v) is 6.15. The van der Waals surface area contributed by atoms with E-state index < -0.39 is 5.91 Å². The van der Waals surface area contributed by atoms with Gasteiger partial charge in [-0.2, -0.15) is 0 Å². The Hall–Kier alpha value is -3.41. The molecule has 6 heteroatoms. The van der Waals surface area contributed by atoms with Gasteiger partial charge >= 0.3 is 0 Å². The Kier molecular flexibility index (Phi) is 4.23. The fourth-order valence-corrected chi connectivity index (χ4v) is 2.97. The molecule has 2 heterocycles. The van der Waals surface area contributed by atoms with Crippen LogP contribution >= 0.6 is 0 Å².